The van der Waals surface area contributed by atoms with Crippen molar-refractivity contribution in [1.29, 1.82) is 0 Å². The zero-order valence-electron chi connectivity index (χ0n) is 18.5. The van der Waals surface area contributed by atoms with E-state index in [1.807, 2.05) is 80.0 Å². The lowest BCUT2D eigenvalue weighted by Gasteiger charge is -2.20. The molecule has 162 valence electrons. The van der Waals surface area contributed by atoms with E-state index in [9.17, 15) is 4.79 Å². The van der Waals surface area contributed by atoms with Crippen LogP contribution in [0.1, 0.15) is 35.0 Å². The second-order valence-corrected chi connectivity index (χ2v) is 8.12. The molecule has 2 aromatic heterocycles. The molecular formula is C24H29N5O2. The first-order valence-corrected chi connectivity index (χ1v) is 10.6. The van der Waals surface area contributed by atoms with E-state index in [1.165, 1.54) is 0 Å². The largest absolute Gasteiger partial charge is 0.373 e. The molecule has 7 nitrogen and oxygen atoms in total. The van der Waals surface area contributed by atoms with Crippen LogP contribution in [-0.4, -0.2) is 41.4 Å². The van der Waals surface area contributed by atoms with Crippen molar-refractivity contribution in [3.05, 3.63) is 71.2 Å². The Hall–Kier alpha value is -3.19. The Balaban J connectivity index is 1.54. The normalized spacial score (nSPS) is 18.2. The first kappa shape index (κ1) is 21.1. The van der Waals surface area contributed by atoms with Crippen LogP contribution in [-0.2, 0) is 16.1 Å². The Labute approximate surface area is 183 Å². The quantitative estimate of drug-likeness (QED) is 0.663. The van der Waals surface area contributed by atoms with E-state index in [-0.39, 0.29) is 17.9 Å². The van der Waals surface area contributed by atoms with E-state index in [0.29, 0.717) is 19.6 Å². The molecule has 0 radical (unpaired) electrons. The average Bonchev–Trinajstić information content (AvgIpc) is 3.36. The van der Waals surface area contributed by atoms with Crippen LogP contribution in [0.2, 0.25) is 0 Å². The maximum Gasteiger partial charge on any atom is 0.226 e. The molecule has 3 aromatic rings. The zero-order valence-corrected chi connectivity index (χ0v) is 18.5. The summed E-state index contributed by atoms with van der Waals surface area (Å²) in [5.41, 5.74) is 4.90. The first-order valence-electron chi connectivity index (χ1n) is 10.6. The molecule has 1 aliphatic heterocycles. The van der Waals surface area contributed by atoms with Gasteiger partial charge in [0.25, 0.3) is 0 Å². The summed E-state index contributed by atoms with van der Waals surface area (Å²) in [5.74, 6) is 0.616. The number of hydrogen-bond acceptors (Lipinski definition) is 5. The van der Waals surface area contributed by atoms with E-state index in [1.54, 1.807) is 6.20 Å². The number of rotatable bonds is 6. The van der Waals surface area contributed by atoms with Gasteiger partial charge in [-0.15, -0.1) is 0 Å². The van der Waals surface area contributed by atoms with E-state index in [4.69, 9.17) is 9.84 Å². The lowest BCUT2D eigenvalue weighted by atomic mass is 9.93. The number of para-hydroxylation sites is 1. The van der Waals surface area contributed by atoms with Crippen LogP contribution < -0.4 is 10.2 Å². The number of pyridine rings is 1. The molecule has 1 fully saturated rings. The van der Waals surface area contributed by atoms with E-state index in [2.05, 4.69) is 10.3 Å². The molecule has 2 atom stereocenters. The number of amides is 1. The van der Waals surface area contributed by atoms with Crippen LogP contribution in [0.25, 0.3) is 5.69 Å². The minimum absolute atomic E-state index is 0.00215. The van der Waals surface area contributed by atoms with Gasteiger partial charge in [-0.05, 0) is 38.5 Å². The Morgan fingerprint density at radius 1 is 1.19 bits per heavy atom. The van der Waals surface area contributed by atoms with Crippen LogP contribution in [0.3, 0.4) is 0 Å². The van der Waals surface area contributed by atoms with Gasteiger partial charge in [0.05, 0.1) is 23.4 Å². The first-order chi connectivity index (χ1) is 15.0. The van der Waals surface area contributed by atoms with Gasteiger partial charge in [-0.2, -0.15) is 5.10 Å². The molecular weight excluding hydrogens is 390 g/mol. The van der Waals surface area contributed by atoms with Gasteiger partial charge in [0.1, 0.15) is 5.82 Å². The third kappa shape index (κ3) is 4.18. The summed E-state index contributed by atoms with van der Waals surface area (Å²) in [6.07, 6.45) is 2.16. The van der Waals surface area contributed by atoms with Gasteiger partial charge < -0.3 is 15.0 Å². The van der Waals surface area contributed by atoms with E-state index >= 15 is 0 Å². The molecule has 0 saturated carbocycles. The van der Waals surface area contributed by atoms with Gasteiger partial charge in [0.2, 0.25) is 5.91 Å². The van der Waals surface area contributed by atoms with Crippen molar-refractivity contribution < 1.29 is 9.53 Å². The fraction of sp³-hybridized carbons (Fsp3) is 0.375. The predicted octanol–water partition coefficient (Wildman–Crippen LogP) is 3.34. The molecule has 1 amide bonds. The molecule has 1 aromatic carbocycles. The molecule has 4 rings (SSSR count). The number of benzene rings is 1. The van der Waals surface area contributed by atoms with Crippen molar-refractivity contribution in [2.24, 2.45) is 5.92 Å². The lowest BCUT2D eigenvalue weighted by molar-refractivity contribution is -0.126. The third-order valence-corrected chi connectivity index (χ3v) is 5.81. The number of carbonyl (C=O) groups excluding carboxylic acids is 1. The Morgan fingerprint density at radius 3 is 2.71 bits per heavy atom. The summed E-state index contributed by atoms with van der Waals surface area (Å²) < 4.78 is 7.99. The molecule has 0 unspecified atom stereocenters. The number of aryl methyl sites for hydroxylation is 1. The molecule has 1 N–H and O–H groups in total. The van der Waals surface area contributed by atoms with Crippen molar-refractivity contribution >= 4 is 11.7 Å². The predicted molar refractivity (Wildman–Crippen MR) is 120 cm³/mol. The number of ether oxygens (including phenoxy) is 1. The van der Waals surface area contributed by atoms with Crippen molar-refractivity contribution in [3.63, 3.8) is 0 Å². The second-order valence-electron chi connectivity index (χ2n) is 8.12. The van der Waals surface area contributed by atoms with Gasteiger partial charge in [-0.25, -0.2) is 9.67 Å². The molecule has 0 bridgehead atoms. The topological polar surface area (TPSA) is 72.3 Å². The number of anilines is 1. The highest BCUT2D eigenvalue weighted by Crippen LogP contribution is 2.38. The minimum atomic E-state index is -0.292. The number of carbonyl (C=O) groups is 1. The van der Waals surface area contributed by atoms with Gasteiger partial charge in [-0.1, -0.05) is 24.3 Å². The summed E-state index contributed by atoms with van der Waals surface area (Å²) >= 11 is 0. The van der Waals surface area contributed by atoms with E-state index < -0.39 is 0 Å². The zero-order chi connectivity index (χ0) is 22.0. The highest BCUT2D eigenvalue weighted by Gasteiger charge is 2.38. The smallest absolute Gasteiger partial charge is 0.226 e. The standard InChI is InChI=1S/C24H29N5O2/c1-16-21(17(2)29(27-16)19-10-6-5-7-11-19)22-20(12-14-31-22)24(30)26-15-18-9-8-13-25-23(18)28(3)4/h5-11,13,20,22H,12,14-15H2,1-4H3,(H,26,30)/t20-,22-/m0/s1. The number of nitrogens with one attached hydrogen (secondary N) is 1. The second kappa shape index (κ2) is 8.89. The molecule has 0 aliphatic carbocycles. The third-order valence-electron chi connectivity index (χ3n) is 5.81. The Morgan fingerprint density at radius 2 is 1.97 bits per heavy atom. The highest BCUT2D eigenvalue weighted by atomic mass is 16.5. The van der Waals surface area contributed by atoms with Gasteiger partial charge >= 0.3 is 0 Å². The van der Waals surface area contributed by atoms with Crippen molar-refractivity contribution in [2.75, 3.05) is 25.6 Å². The van der Waals surface area contributed by atoms with Crippen LogP contribution in [0.5, 0.6) is 0 Å². The van der Waals surface area contributed by atoms with Crippen LogP contribution >= 0.6 is 0 Å². The van der Waals surface area contributed by atoms with Gasteiger partial charge in [0.15, 0.2) is 0 Å². The summed E-state index contributed by atoms with van der Waals surface area (Å²) in [7, 11) is 3.90. The monoisotopic (exact) mass is 419 g/mol. The average molecular weight is 420 g/mol. The summed E-state index contributed by atoms with van der Waals surface area (Å²) in [4.78, 5) is 19.5. The summed E-state index contributed by atoms with van der Waals surface area (Å²) in [6, 6.07) is 13.9. The fourth-order valence-corrected chi connectivity index (χ4v) is 4.31. The Bertz CT molecular complexity index is 1060. The SMILES string of the molecule is Cc1nn(-c2ccccc2)c(C)c1[C@H]1OCC[C@@H]1C(=O)NCc1cccnc1N(C)C. The number of nitrogens with zero attached hydrogens (tertiary/aromatic N) is 4. The van der Waals surface area contributed by atoms with Gasteiger partial charge in [0, 0.05) is 50.3 Å². The highest BCUT2D eigenvalue weighted by molar-refractivity contribution is 5.80. The van der Waals surface area contributed by atoms with Crippen molar-refractivity contribution in [1.82, 2.24) is 20.1 Å². The number of hydrogen-bond donors (Lipinski definition) is 1. The fourth-order valence-electron chi connectivity index (χ4n) is 4.31. The van der Waals surface area contributed by atoms with Gasteiger partial charge in [-0.3, -0.25) is 4.79 Å². The van der Waals surface area contributed by atoms with Crippen molar-refractivity contribution in [2.45, 2.75) is 32.9 Å². The maximum absolute atomic E-state index is 13.1. The van der Waals surface area contributed by atoms with Crippen LogP contribution in [0.4, 0.5) is 5.82 Å². The molecule has 1 saturated heterocycles. The van der Waals surface area contributed by atoms with Crippen LogP contribution in [0.15, 0.2) is 48.7 Å². The summed E-state index contributed by atoms with van der Waals surface area (Å²) in [6.45, 7) is 5.02. The lowest BCUT2D eigenvalue weighted by Crippen LogP contribution is -2.32. The maximum atomic E-state index is 13.1. The molecule has 0 spiro atoms. The molecule has 3 heterocycles. The summed E-state index contributed by atoms with van der Waals surface area (Å²) in [5, 5.41) is 7.84. The van der Waals surface area contributed by atoms with Crippen molar-refractivity contribution in [3.8, 4) is 5.69 Å². The molecule has 31 heavy (non-hydrogen) atoms. The molecule has 7 heteroatoms. The Kier molecular flexibility index (Phi) is 6.04. The van der Waals surface area contributed by atoms with Crippen LogP contribution in [0, 0.1) is 19.8 Å². The molecule has 1 aliphatic rings. The number of aromatic nitrogens is 3. The minimum Gasteiger partial charge on any atom is -0.373 e. The van der Waals surface area contributed by atoms with E-state index in [0.717, 1.165) is 34.0 Å².